The largest absolute Gasteiger partial charge is 0.484 e. The number of benzene rings is 1. The molecule has 2 heterocycles. The molecule has 2 fully saturated rings. The van der Waals surface area contributed by atoms with Crippen LogP contribution in [0.4, 0.5) is 0 Å². The van der Waals surface area contributed by atoms with Gasteiger partial charge in [-0.2, -0.15) is 0 Å². The molecule has 0 radical (unpaired) electrons. The molecule has 1 aromatic carbocycles. The summed E-state index contributed by atoms with van der Waals surface area (Å²) in [6.07, 6.45) is 4.43. The number of carbonyl (C=O) groups excluding carboxylic acids is 1. The van der Waals surface area contributed by atoms with Gasteiger partial charge in [0, 0.05) is 19.2 Å². The Morgan fingerprint density at radius 1 is 1.19 bits per heavy atom. The highest BCUT2D eigenvalue weighted by Crippen LogP contribution is 2.36. The molecule has 114 valence electrons. The van der Waals surface area contributed by atoms with Crippen LogP contribution in [0.25, 0.3) is 0 Å². The monoisotopic (exact) mass is 289 g/mol. The number of hydrogen-bond donors (Lipinski definition) is 0. The average molecular weight is 289 g/mol. The average Bonchev–Trinajstić information content (AvgIpc) is 2.77. The molecule has 3 rings (SSSR count). The van der Waals surface area contributed by atoms with E-state index in [-0.39, 0.29) is 12.5 Å². The number of nitrogens with zero attached hydrogens (tertiary/aromatic N) is 1. The smallest absolute Gasteiger partial charge is 0.261 e. The first-order valence-corrected chi connectivity index (χ1v) is 7.71. The fourth-order valence-corrected chi connectivity index (χ4v) is 3.58. The number of carbonyl (C=O) groups is 1. The number of ether oxygens (including phenoxy) is 2. The predicted octanol–water partition coefficient (Wildman–Crippen LogP) is 2.54. The Labute approximate surface area is 126 Å². The van der Waals surface area contributed by atoms with E-state index in [4.69, 9.17) is 9.47 Å². The van der Waals surface area contributed by atoms with Gasteiger partial charge in [-0.05, 0) is 44.7 Å². The Kier molecular flexibility index (Phi) is 4.15. The van der Waals surface area contributed by atoms with Crippen LogP contribution in [0, 0.1) is 6.92 Å². The quantitative estimate of drug-likeness (QED) is 0.855. The standard InChI is InChI=1S/C17H23NO3/c1-12-3-7-15(8-4-12)21-11-17(19)18-13-5-6-14(18)10-16(9-13)20-2/h3-4,7-8,13-14,16H,5-6,9-11H2,1-2H3. The molecule has 0 saturated carbocycles. The third-order valence-corrected chi connectivity index (χ3v) is 4.69. The molecule has 2 bridgehead atoms. The van der Waals surface area contributed by atoms with Crippen LogP contribution in [-0.4, -0.2) is 42.7 Å². The highest BCUT2D eigenvalue weighted by molar-refractivity contribution is 5.79. The van der Waals surface area contributed by atoms with Crippen LogP contribution in [0.1, 0.15) is 31.2 Å². The molecule has 0 aromatic heterocycles. The molecule has 2 atom stereocenters. The Balaban J connectivity index is 1.57. The first-order valence-electron chi connectivity index (χ1n) is 7.71. The Morgan fingerprint density at radius 2 is 1.81 bits per heavy atom. The molecule has 21 heavy (non-hydrogen) atoms. The molecule has 1 aromatic rings. The second-order valence-corrected chi connectivity index (χ2v) is 6.12. The van der Waals surface area contributed by atoms with E-state index in [0.717, 1.165) is 31.4 Å². The van der Waals surface area contributed by atoms with E-state index in [0.29, 0.717) is 18.2 Å². The van der Waals surface area contributed by atoms with Crippen LogP contribution in [-0.2, 0) is 9.53 Å². The van der Waals surface area contributed by atoms with Gasteiger partial charge in [-0.1, -0.05) is 17.7 Å². The summed E-state index contributed by atoms with van der Waals surface area (Å²) in [7, 11) is 1.77. The molecule has 0 aliphatic carbocycles. The lowest BCUT2D eigenvalue weighted by atomic mass is 9.99. The van der Waals surface area contributed by atoms with Crippen molar-refractivity contribution in [2.24, 2.45) is 0 Å². The molecular formula is C17H23NO3. The van der Waals surface area contributed by atoms with Crippen molar-refractivity contribution in [2.75, 3.05) is 13.7 Å². The van der Waals surface area contributed by atoms with E-state index in [9.17, 15) is 4.79 Å². The summed E-state index contributed by atoms with van der Waals surface area (Å²) in [4.78, 5) is 14.5. The minimum Gasteiger partial charge on any atom is -0.484 e. The zero-order valence-corrected chi connectivity index (χ0v) is 12.7. The zero-order chi connectivity index (χ0) is 14.8. The summed E-state index contributed by atoms with van der Waals surface area (Å²) in [6.45, 7) is 2.17. The van der Waals surface area contributed by atoms with Crippen molar-refractivity contribution in [1.82, 2.24) is 4.90 Å². The van der Waals surface area contributed by atoms with E-state index < -0.39 is 0 Å². The fraction of sp³-hybridized carbons (Fsp3) is 0.588. The highest BCUT2D eigenvalue weighted by atomic mass is 16.5. The van der Waals surface area contributed by atoms with Gasteiger partial charge in [0.1, 0.15) is 5.75 Å². The molecule has 2 unspecified atom stereocenters. The second kappa shape index (κ2) is 6.06. The van der Waals surface area contributed by atoms with Gasteiger partial charge in [0.05, 0.1) is 6.10 Å². The predicted molar refractivity (Wildman–Crippen MR) is 80.4 cm³/mol. The van der Waals surface area contributed by atoms with E-state index in [1.807, 2.05) is 36.1 Å². The van der Waals surface area contributed by atoms with Gasteiger partial charge in [0.15, 0.2) is 6.61 Å². The van der Waals surface area contributed by atoms with Crippen LogP contribution < -0.4 is 4.74 Å². The first-order chi connectivity index (χ1) is 10.2. The summed E-state index contributed by atoms with van der Waals surface area (Å²) < 4.78 is 11.1. The van der Waals surface area contributed by atoms with E-state index in [2.05, 4.69) is 0 Å². The van der Waals surface area contributed by atoms with Crippen LogP contribution in [0.15, 0.2) is 24.3 Å². The number of amides is 1. The SMILES string of the molecule is COC1CC2CCC(C1)N2C(=O)COc1ccc(C)cc1. The fourth-order valence-electron chi connectivity index (χ4n) is 3.58. The lowest BCUT2D eigenvalue weighted by Crippen LogP contribution is -2.50. The van der Waals surface area contributed by atoms with Crippen LogP contribution >= 0.6 is 0 Å². The molecule has 1 amide bonds. The maximum atomic E-state index is 12.5. The molecule has 2 saturated heterocycles. The molecule has 0 N–H and O–H groups in total. The summed E-state index contributed by atoms with van der Waals surface area (Å²) in [6, 6.07) is 8.48. The summed E-state index contributed by atoms with van der Waals surface area (Å²) in [5.41, 5.74) is 1.19. The maximum Gasteiger partial charge on any atom is 0.261 e. The number of rotatable bonds is 4. The maximum absolute atomic E-state index is 12.5. The number of aryl methyl sites for hydroxylation is 1. The molecule has 4 nitrogen and oxygen atoms in total. The third-order valence-electron chi connectivity index (χ3n) is 4.69. The van der Waals surface area contributed by atoms with E-state index in [1.54, 1.807) is 7.11 Å². The van der Waals surface area contributed by atoms with E-state index in [1.165, 1.54) is 5.56 Å². The summed E-state index contributed by atoms with van der Waals surface area (Å²) in [5, 5.41) is 0. The lowest BCUT2D eigenvalue weighted by molar-refractivity contribution is -0.140. The topological polar surface area (TPSA) is 38.8 Å². The minimum absolute atomic E-state index is 0.109. The van der Waals surface area contributed by atoms with Crippen molar-refractivity contribution in [3.05, 3.63) is 29.8 Å². The van der Waals surface area contributed by atoms with Crippen LogP contribution in [0.5, 0.6) is 5.75 Å². The summed E-state index contributed by atoms with van der Waals surface area (Å²) >= 11 is 0. The van der Waals surface area contributed by atoms with Gasteiger partial charge in [-0.25, -0.2) is 0 Å². The molecular weight excluding hydrogens is 266 g/mol. The van der Waals surface area contributed by atoms with Crippen LogP contribution in [0.2, 0.25) is 0 Å². The van der Waals surface area contributed by atoms with E-state index >= 15 is 0 Å². The van der Waals surface area contributed by atoms with Gasteiger partial charge in [-0.3, -0.25) is 4.79 Å². The zero-order valence-electron chi connectivity index (χ0n) is 12.7. The Hall–Kier alpha value is -1.55. The minimum atomic E-state index is 0.109. The number of piperidine rings is 1. The number of fused-ring (bicyclic) bond motifs is 2. The number of methoxy groups -OCH3 is 1. The molecule has 2 aliphatic heterocycles. The summed E-state index contributed by atoms with van der Waals surface area (Å²) in [5.74, 6) is 0.866. The van der Waals surface area contributed by atoms with Crippen molar-refractivity contribution in [3.63, 3.8) is 0 Å². The molecule has 4 heteroatoms. The Bertz CT molecular complexity index is 485. The first kappa shape index (κ1) is 14.4. The molecule has 0 spiro atoms. The second-order valence-electron chi connectivity index (χ2n) is 6.12. The third kappa shape index (κ3) is 3.05. The van der Waals surface area contributed by atoms with Gasteiger partial charge < -0.3 is 14.4 Å². The van der Waals surface area contributed by atoms with Crippen molar-refractivity contribution >= 4 is 5.91 Å². The normalized spacial score (nSPS) is 27.7. The van der Waals surface area contributed by atoms with Gasteiger partial charge >= 0.3 is 0 Å². The van der Waals surface area contributed by atoms with Gasteiger partial charge in [0.2, 0.25) is 0 Å². The number of hydrogen-bond acceptors (Lipinski definition) is 3. The van der Waals surface area contributed by atoms with Crippen molar-refractivity contribution in [2.45, 2.75) is 50.8 Å². The molecule has 2 aliphatic rings. The Morgan fingerprint density at radius 3 is 2.38 bits per heavy atom. The van der Waals surface area contributed by atoms with Crippen molar-refractivity contribution in [3.8, 4) is 5.75 Å². The van der Waals surface area contributed by atoms with Gasteiger partial charge in [0.25, 0.3) is 5.91 Å². The van der Waals surface area contributed by atoms with Crippen molar-refractivity contribution in [1.29, 1.82) is 0 Å². The highest BCUT2D eigenvalue weighted by Gasteiger charge is 2.43. The van der Waals surface area contributed by atoms with Crippen molar-refractivity contribution < 1.29 is 14.3 Å². The van der Waals surface area contributed by atoms with Gasteiger partial charge in [-0.15, -0.1) is 0 Å². The lowest BCUT2D eigenvalue weighted by Gasteiger charge is -2.38. The van der Waals surface area contributed by atoms with Crippen LogP contribution in [0.3, 0.4) is 0 Å².